The van der Waals surface area contributed by atoms with E-state index in [1.54, 1.807) is 0 Å². The predicted molar refractivity (Wildman–Crippen MR) is 97.7 cm³/mol. The molecule has 1 fully saturated rings. The molecule has 0 spiro atoms. The van der Waals surface area contributed by atoms with E-state index in [1.165, 1.54) is 13.0 Å². The van der Waals surface area contributed by atoms with Gasteiger partial charge in [0.25, 0.3) is 5.91 Å². The van der Waals surface area contributed by atoms with E-state index in [0.29, 0.717) is 12.8 Å². The highest BCUT2D eigenvalue weighted by atomic mass is 19.4. The number of amides is 3. The third kappa shape index (κ3) is 4.37. The Labute approximate surface area is 169 Å². The van der Waals surface area contributed by atoms with Crippen molar-refractivity contribution in [1.82, 2.24) is 4.90 Å². The molecule has 1 aliphatic carbocycles. The fraction of sp³-hybridized carbons (Fsp3) is 0.400. The van der Waals surface area contributed by atoms with E-state index in [-0.39, 0.29) is 5.69 Å². The van der Waals surface area contributed by atoms with Crippen LogP contribution >= 0.6 is 0 Å². The number of esters is 1. The maximum absolute atomic E-state index is 12.7. The van der Waals surface area contributed by atoms with Gasteiger partial charge in [0, 0.05) is 5.69 Å². The molecule has 1 N–H and O–H groups in total. The van der Waals surface area contributed by atoms with Crippen LogP contribution in [0.3, 0.4) is 0 Å². The Bertz CT molecular complexity index is 886. The predicted octanol–water partition coefficient (Wildman–Crippen LogP) is 2.53. The summed E-state index contributed by atoms with van der Waals surface area (Å²) >= 11 is 0. The van der Waals surface area contributed by atoms with E-state index in [1.807, 2.05) is 12.2 Å². The van der Waals surface area contributed by atoms with Crippen LogP contribution in [-0.4, -0.2) is 41.2 Å². The van der Waals surface area contributed by atoms with E-state index in [9.17, 15) is 32.3 Å². The second-order valence-corrected chi connectivity index (χ2v) is 7.11. The van der Waals surface area contributed by atoms with Crippen molar-refractivity contribution in [3.8, 4) is 0 Å². The van der Waals surface area contributed by atoms with Crippen LogP contribution in [0, 0.1) is 11.8 Å². The molecule has 0 bridgehead atoms. The van der Waals surface area contributed by atoms with Gasteiger partial charge >= 0.3 is 12.1 Å². The Balaban J connectivity index is 1.56. The number of imide groups is 1. The number of carbonyl (C=O) groups is 4. The summed E-state index contributed by atoms with van der Waals surface area (Å²) in [5, 5.41) is 2.20. The Kier molecular flexibility index (Phi) is 5.95. The third-order valence-electron chi connectivity index (χ3n) is 5.09. The lowest BCUT2D eigenvalue weighted by Gasteiger charge is -2.21. The number of likely N-dealkylation sites (tertiary alicyclic amines) is 1. The summed E-state index contributed by atoms with van der Waals surface area (Å²) in [5.41, 5.74) is -1.05. The van der Waals surface area contributed by atoms with Crippen molar-refractivity contribution in [3.63, 3.8) is 0 Å². The van der Waals surface area contributed by atoms with Crippen LogP contribution in [-0.2, 0) is 30.1 Å². The summed E-state index contributed by atoms with van der Waals surface area (Å²) < 4.78 is 43.0. The van der Waals surface area contributed by atoms with Crippen LogP contribution in [0.25, 0.3) is 0 Å². The summed E-state index contributed by atoms with van der Waals surface area (Å²) in [7, 11) is 0. The molecule has 1 aromatic carbocycles. The lowest BCUT2D eigenvalue weighted by Crippen LogP contribution is -2.45. The molecule has 0 unspecified atom stereocenters. The molecule has 0 radical (unpaired) electrons. The van der Waals surface area contributed by atoms with Crippen molar-refractivity contribution in [3.05, 3.63) is 42.0 Å². The van der Waals surface area contributed by atoms with Crippen molar-refractivity contribution < 1.29 is 37.1 Å². The normalized spacial score (nSPS) is 21.9. The summed E-state index contributed by atoms with van der Waals surface area (Å²) in [6.07, 6.45) is -0.0855. The number of nitrogens with zero attached hydrogens (tertiary/aromatic N) is 1. The molecule has 0 saturated carbocycles. The molecule has 3 atom stereocenters. The van der Waals surface area contributed by atoms with Gasteiger partial charge in [-0.05, 0) is 38.0 Å². The quantitative estimate of drug-likeness (QED) is 0.446. The maximum atomic E-state index is 12.7. The number of halogens is 3. The van der Waals surface area contributed by atoms with Gasteiger partial charge in [0.1, 0.15) is 6.04 Å². The first kappa shape index (κ1) is 21.5. The van der Waals surface area contributed by atoms with Crippen LogP contribution in [0.15, 0.2) is 36.4 Å². The SMILES string of the molecule is C[C@H](C(=O)OCC(=O)Nc1cccc(C(F)(F)F)c1)N1C(=O)[C@H]2CC=CC[C@H]2C1=O. The number of rotatable bonds is 5. The van der Waals surface area contributed by atoms with Gasteiger partial charge in [-0.1, -0.05) is 18.2 Å². The average molecular weight is 424 g/mol. The van der Waals surface area contributed by atoms with E-state index >= 15 is 0 Å². The molecule has 160 valence electrons. The third-order valence-corrected chi connectivity index (χ3v) is 5.09. The number of hydrogen-bond acceptors (Lipinski definition) is 5. The molecule has 1 heterocycles. The fourth-order valence-corrected chi connectivity index (χ4v) is 3.54. The first-order valence-electron chi connectivity index (χ1n) is 9.25. The second kappa shape index (κ2) is 8.29. The average Bonchev–Trinajstić information content (AvgIpc) is 2.96. The minimum atomic E-state index is -4.57. The van der Waals surface area contributed by atoms with Gasteiger partial charge in [0.05, 0.1) is 17.4 Å². The number of benzene rings is 1. The van der Waals surface area contributed by atoms with Gasteiger partial charge in [-0.2, -0.15) is 13.2 Å². The highest BCUT2D eigenvalue weighted by molar-refractivity contribution is 6.08. The van der Waals surface area contributed by atoms with Gasteiger partial charge in [-0.25, -0.2) is 4.79 Å². The molecule has 1 aliphatic heterocycles. The second-order valence-electron chi connectivity index (χ2n) is 7.11. The molecule has 10 heteroatoms. The van der Waals surface area contributed by atoms with Crippen LogP contribution in [0.5, 0.6) is 0 Å². The van der Waals surface area contributed by atoms with Crippen molar-refractivity contribution in [2.75, 3.05) is 11.9 Å². The number of nitrogens with one attached hydrogen (secondary N) is 1. The molecule has 3 rings (SSSR count). The first-order chi connectivity index (χ1) is 14.1. The number of fused-ring (bicyclic) bond motifs is 1. The Morgan fingerprint density at radius 2 is 1.77 bits per heavy atom. The zero-order valence-corrected chi connectivity index (χ0v) is 15.9. The Morgan fingerprint density at radius 3 is 2.33 bits per heavy atom. The van der Waals surface area contributed by atoms with Crippen LogP contribution in [0.2, 0.25) is 0 Å². The summed E-state index contributed by atoms with van der Waals surface area (Å²) in [6.45, 7) is 0.553. The highest BCUT2D eigenvalue weighted by Gasteiger charge is 2.50. The number of ether oxygens (including phenoxy) is 1. The number of hydrogen-bond donors (Lipinski definition) is 1. The molecule has 1 saturated heterocycles. The van der Waals surface area contributed by atoms with E-state index in [0.717, 1.165) is 23.1 Å². The number of allylic oxidation sites excluding steroid dienone is 2. The Morgan fingerprint density at radius 1 is 1.17 bits per heavy atom. The fourth-order valence-electron chi connectivity index (χ4n) is 3.54. The largest absolute Gasteiger partial charge is 0.454 e. The van der Waals surface area contributed by atoms with Crippen LogP contribution in [0.4, 0.5) is 18.9 Å². The summed E-state index contributed by atoms with van der Waals surface area (Å²) in [4.78, 5) is 50.0. The van der Waals surface area contributed by atoms with Crippen molar-refractivity contribution in [1.29, 1.82) is 0 Å². The zero-order chi connectivity index (χ0) is 22.1. The lowest BCUT2D eigenvalue weighted by atomic mass is 9.85. The van der Waals surface area contributed by atoms with E-state index < -0.39 is 59.9 Å². The van der Waals surface area contributed by atoms with Crippen molar-refractivity contribution in [2.45, 2.75) is 32.0 Å². The smallest absolute Gasteiger partial charge is 0.416 e. The van der Waals surface area contributed by atoms with Gasteiger partial charge in [0.2, 0.25) is 11.8 Å². The van der Waals surface area contributed by atoms with Crippen molar-refractivity contribution in [2.24, 2.45) is 11.8 Å². The van der Waals surface area contributed by atoms with E-state index in [2.05, 4.69) is 5.32 Å². The molecular weight excluding hydrogens is 405 g/mol. The Hall–Kier alpha value is -3.17. The van der Waals surface area contributed by atoms with Crippen LogP contribution in [0.1, 0.15) is 25.3 Å². The molecule has 7 nitrogen and oxygen atoms in total. The van der Waals surface area contributed by atoms with Gasteiger partial charge < -0.3 is 10.1 Å². The van der Waals surface area contributed by atoms with Crippen LogP contribution < -0.4 is 5.32 Å². The molecule has 3 amide bonds. The standard InChI is InChI=1S/C20H19F3N2O5/c1-11(25-17(27)14-7-2-3-8-15(14)18(25)28)19(29)30-10-16(26)24-13-6-4-5-12(9-13)20(21,22)23/h2-6,9,11,14-15H,7-8,10H2,1H3,(H,24,26)/t11-,14-,15+/m1/s1. The highest BCUT2D eigenvalue weighted by Crippen LogP contribution is 2.36. The monoisotopic (exact) mass is 424 g/mol. The molecular formula is C20H19F3N2O5. The molecule has 2 aliphatic rings. The first-order valence-corrected chi connectivity index (χ1v) is 9.25. The summed E-state index contributed by atoms with van der Waals surface area (Å²) in [6, 6.07) is 2.78. The van der Waals surface area contributed by atoms with Gasteiger partial charge in [0.15, 0.2) is 6.61 Å². The lowest BCUT2D eigenvalue weighted by molar-refractivity contribution is -0.159. The maximum Gasteiger partial charge on any atom is 0.416 e. The van der Waals surface area contributed by atoms with Crippen molar-refractivity contribution >= 4 is 29.4 Å². The number of carbonyl (C=O) groups excluding carboxylic acids is 4. The van der Waals surface area contributed by atoms with Gasteiger partial charge in [-0.15, -0.1) is 0 Å². The zero-order valence-electron chi connectivity index (χ0n) is 15.9. The minimum Gasteiger partial charge on any atom is -0.454 e. The number of alkyl halides is 3. The number of anilines is 1. The van der Waals surface area contributed by atoms with Gasteiger partial charge in [-0.3, -0.25) is 19.3 Å². The summed E-state index contributed by atoms with van der Waals surface area (Å²) in [5.74, 6) is -3.71. The molecule has 0 aromatic heterocycles. The topological polar surface area (TPSA) is 92.8 Å². The molecule has 30 heavy (non-hydrogen) atoms. The van der Waals surface area contributed by atoms with E-state index in [4.69, 9.17) is 4.74 Å². The molecule has 1 aromatic rings. The minimum absolute atomic E-state index is 0.111.